The number of amides is 1. The van der Waals surface area contributed by atoms with E-state index in [1.54, 1.807) is 6.07 Å². The number of methoxy groups -OCH3 is 2. The van der Waals surface area contributed by atoms with E-state index in [1.807, 2.05) is 0 Å². The van der Waals surface area contributed by atoms with Crippen LogP contribution in [0.4, 0.5) is 5.69 Å². The monoisotopic (exact) mass is 322 g/mol. The zero-order valence-corrected chi connectivity index (χ0v) is 13.1. The molecule has 22 heavy (non-hydrogen) atoms. The predicted octanol–water partition coefficient (Wildman–Crippen LogP) is 3.14. The van der Waals surface area contributed by atoms with Crippen LogP contribution in [-0.2, 0) is 0 Å². The van der Waals surface area contributed by atoms with Crippen LogP contribution in [0.1, 0.15) is 27.8 Å². The number of nitrogens with one attached hydrogen (secondary N) is 2. The summed E-state index contributed by atoms with van der Waals surface area (Å²) < 4.78 is 10.3. The molecule has 2 rings (SSSR count). The molecule has 0 bridgehead atoms. The molecule has 7 heteroatoms. The minimum absolute atomic E-state index is 0.125. The molecule has 1 amide bonds. The molecular formula is C15H15ClN2O4. The molecule has 0 aliphatic carbocycles. The van der Waals surface area contributed by atoms with E-state index >= 15 is 0 Å². The minimum Gasteiger partial charge on any atom is -0.495 e. The Bertz CT molecular complexity index is 724. The van der Waals surface area contributed by atoms with E-state index < -0.39 is 5.91 Å². The quantitative estimate of drug-likeness (QED) is 0.829. The Morgan fingerprint density at radius 3 is 2.36 bits per heavy atom. The lowest BCUT2D eigenvalue weighted by Gasteiger charge is -2.12. The highest BCUT2D eigenvalue weighted by Crippen LogP contribution is 2.36. The van der Waals surface area contributed by atoms with Crippen molar-refractivity contribution in [1.82, 2.24) is 4.98 Å². The van der Waals surface area contributed by atoms with Gasteiger partial charge in [0.2, 0.25) is 0 Å². The third kappa shape index (κ3) is 3.23. The zero-order valence-electron chi connectivity index (χ0n) is 12.3. The first-order valence-corrected chi connectivity index (χ1v) is 6.76. The molecule has 0 saturated carbocycles. The van der Waals surface area contributed by atoms with Gasteiger partial charge < -0.3 is 19.8 Å². The molecule has 0 atom stereocenters. The number of Topliss-reactive ketones (excluding diaryl/α,β-unsaturated/α-hetero) is 1. The molecule has 2 aromatic rings. The van der Waals surface area contributed by atoms with Crippen LogP contribution in [0, 0.1) is 0 Å². The Balaban J connectivity index is 2.27. The fourth-order valence-electron chi connectivity index (χ4n) is 1.88. The summed E-state index contributed by atoms with van der Waals surface area (Å²) in [7, 11) is 2.96. The summed E-state index contributed by atoms with van der Waals surface area (Å²) >= 11 is 6.05. The molecule has 1 aromatic carbocycles. The van der Waals surface area contributed by atoms with E-state index in [-0.39, 0.29) is 11.5 Å². The lowest BCUT2D eigenvalue weighted by Crippen LogP contribution is -2.13. The van der Waals surface area contributed by atoms with Crippen LogP contribution in [0.15, 0.2) is 24.4 Å². The van der Waals surface area contributed by atoms with Crippen molar-refractivity contribution in [1.29, 1.82) is 0 Å². The number of benzene rings is 1. The van der Waals surface area contributed by atoms with Gasteiger partial charge in [0.05, 0.1) is 24.9 Å². The number of aromatic nitrogens is 1. The molecule has 2 N–H and O–H groups in total. The molecule has 1 aromatic heterocycles. The Morgan fingerprint density at radius 2 is 1.82 bits per heavy atom. The maximum Gasteiger partial charge on any atom is 0.272 e. The van der Waals surface area contributed by atoms with Gasteiger partial charge >= 0.3 is 0 Å². The third-order valence-corrected chi connectivity index (χ3v) is 3.35. The van der Waals surface area contributed by atoms with Crippen molar-refractivity contribution in [3.63, 3.8) is 0 Å². The summed E-state index contributed by atoms with van der Waals surface area (Å²) in [5.74, 6) is 0.315. The first kappa shape index (κ1) is 15.9. The molecule has 116 valence electrons. The minimum atomic E-state index is -0.410. The summed E-state index contributed by atoms with van der Waals surface area (Å²) in [6, 6.07) is 4.59. The second-order valence-corrected chi connectivity index (χ2v) is 4.91. The first-order valence-electron chi connectivity index (χ1n) is 6.38. The van der Waals surface area contributed by atoms with Gasteiger partial charge in [0.1, 0.15) is 17.2 Å². The number of H-pyrrole nitrogens is 1. The summed E-state index contributed by atoms with van der Waals surface area (Å²) in [6.45, 7) is 1.43. The molecule has 1 heterocycles. The van der Waals surface area contributed by atoms with Gasteiger partial charge in [0.15, 0.2) is 5.78 Å². The van der Waals surface area contributed by atoms with Crippen molar-refractivity contribution in [2.75, 3.05) is 19.5 Å². The first-order chi connectivity index (χ1) is 10.5. The van der Waals surface area contributed by atoms with Gasteiger partial charge in [-0.1, -0.05) is 11.6 Å². The Hall–Kier alpha value is -2.47. The summed E-state index contributed by atoms with van der Waals surface area (Å²) in [5, 5.41) is 3.02. The van der Waals surface area contributed by atoms with Gasteiger partial charge in [-0.2, -0.15) is 0 Å². The van der Waals surface area contributed by atoms with Crippen molar-refractivity contribution < 1.29 is 19.1 Å². The molecule has 0 unspecified atom stereocenters. The molecule has 0 aliphatic rings. The van der Waals surface area contributed by atoms with Crippen LogP contribution in [0.5, 0.6) is 11.5 Å². The highest BCUT2D eigenvalue weighted by molar-refractivity contribution is 6.32. The van der Waals surface area contributed by atoms with E-state index in [1.165, 1.54) is 39.5 Å². The number of hydrogen-bond donors (Lipinski definition) is 2. The largest absolute Gasteiger partial charge is 0.495 e. The highest BCUT2D eigenvalue weighted by atomic mass is 35.5. The molecular weight excluding hydrogens is 308 g/mol. The van der Waals surface area contributed by atoms with Crippen LogP contribution < -0.4 is 14.8 Å². The van der Waals surface area contributed by atoms with Gasteiger partial charge in [-0.3, -0.25) is 9.59 Å². The maximum absolute atomic E-state index is 12.2. The maximum atomic E-state index is 12.2. The van der Waals surface area contributed by atoms with Gasteiger partial charge in [-0.05, 0) is 19.1 Å². The van der Waals surface area contributed by atoms with E-state index in [4.69, 9.17) is 21.1 Å². The average molecular weight is 323 g/mol. The number of carbonyl (C=O) groups excluding carboxylic acids is 2. The smallest absolute Gasteiger partial charge is 0.272 e. The van der Waals surface area contributed by atoms with Crippen molar-refractivity contribution in [2.24, 2.45) is 0 Å². The summed E-state index contributed by atoms with van der Waals surface area (Å²) in [4.78, 5) is 26.2. The van der Waals surface area contributed by atoms with Crippen molar-refractivity contribution in [3.8, 4) is 11.5 Å². The number of ketones is 1. The molecule has 0 radical (unpaired) electrons. The number of hydrogen-bond acceptors (Lipinski definition) is 4. The Kier molecular flexibility index (Phi) is 4.72. The highest BCUT2D eigenvalue weighted by Gasteiger charge is 2.15. The standard InChI is InChI=1S/C15H15ClN2O4/c1-8(19)9-4-12(17-7-9)15(20)18-11-5-10(16)13(21-2)6-14(11)22-3/h4-7,17H,1-3H3,(H,18,20). The number of rotatable bonds is 5. The molecule has 0 aliphatic heterocycles. The molecule has 0 fully saturated rings. The third-order valence-electron chi connectivity index (χ3n) is 3.06. The molecule has 0 saturated heterocycles. The van der Waals surface area contributed by atoms with Crippen LogP contribution >= 0.6 is 11.6 Å². The number of carbonyl (C=O) groups is 2. The van der Waals surface area contributed by atoms with Gasteiger partial charge in [0.25, 0.3) is 5.91 Å². The van der Waals surface area contributed by atoms with Crippen LogP contribution in [0.2, 0.25) is 5.02 Å². The predicted molar refractivity (Wildman–Crippen MR) is 83.3 cm³/mol. The van der Waals surface area contributed by atoms with E-state index in [0.29, 0.717) is 27.8 Å². The van der Waals surface area contributed by atoms with Gasteiger partial charge in [-0.25, -0.2) is 0 Å². The number of anilines is 1. The number of ether oxygens (including phenoxy) is 2. The second-order valence-electron chi connectivity index (χ2n) is 4.50. The zero-order chi connectivity index (χ0) is 16.3. The van der Waals surface area contributed by atoms with Crippen molar-refractivity contribution in [3.05, 3.63) is 40.7 Å². The molecule has 6 nitrogen and oxygen atoms in total. The second kappa shape index (κ2) is 6.53. The SMILES string of the molecule is COc1cc(OC)c(NC(=O)c2cc(C(C)=O)c[nH]2)cc1Cl. The fourth-order valence-corrected chi connectivity index (χ4v) is 2.12. The summed E-state index contributed by atoms with van der Waals surface area (Å²) in [5.41, 5.74) is 1.10. The average Bonchev–Trinajstić information content (AvgIpc) is 2.97. The van der Waals surface area contributed by atoms with E-state index in [9.17, 15) is 9.59 Å². The fraction of sp³-hybridized carbons (Fsp3) is 0.200. The van der Waals surface area contributed by atoms with Crippen molar-refractivity contribution in [2.45, 2.75) is 6.92 Å². The normalized spacial score (nSPS) is 10.2. The Morgan fingerprint density at radius 1 is 1.14 bits per heavy atom. The van der Waals surface area contributed by atoms with Crippen LogP contribution in [0.25, 0.3) is 0 Å². The number of halogens is 1. The van der Waals surface area contributed by atoms with Gasteiger partial charge in [0, 0.05) is 17.8 Å². The lowest BCUT2D eigenvalue weighted by atomic mass is 10.2. The van der Waals surface area contributed by atoms with Gasteiger partial charge in [-0.15, -0.1) is 0 Å². The van der Waals surface area contributed by atoms with Crippen LogP contribution in [0.3, 0.4) is 0 Å². The van der Waals surface area contributed by atoms with Crippen LogP contribution in [-0.4, -0.2) is 30.9 Å². The number of aromatic amines is 1. The summed E-state index contributed by atoms with van der Waals surface area (Å²) in [6.07, 6.45) is 1.48. The Labute approximate surface area is 132 Å². The lowest BCUT2D eigenvalue weighted by molar-refractivity contribution is 0.101. The van der Waals surface area contributed by atoms with E-state index in [2.05, 4.69) is 10.3 Å². The topological polar surface area (TPSA) is 80.4 Å². The van der Waals surface area contributed by atoms with Crippen molar-refractivity contribution >= 4 is 29.0 Å². The molecule has 0 spiro atoms. The van der Waals surface area contributed by atoms with E-state index in [0.717, 1.165) is 0 Å².